The van der Waals surface area contributed by atoms with Crippen molar-refractivity contribution in [2.75, 3.05) is 13.6 Å². The van der Waals surface area contributed by atoms with Crippen molar-refractivity contribution in [3.05, 3.63) is 33.8 Å². The van der Waals surface area contributed by atoms with Crippen LogP contribution < -0.4 is 5.73 Å². The topological polar surface area (TPSA) is 46.3 Å². The highest BCUT2D eigenvalue weighted by molar-refractivity contribution is 6.35. The van der Waals surface area contributed by atoms with E-state index < -0.39 is 0 Å². The first-order valence-corrected chi connectivity index (χ1v) is 7.14. The van der Waals surface area contributed by atoms with Crippen LogP contribution in [0.3, 0.4) is 0 Å². The smallest absolute Gasteiger partial charge is 0.226 e. The number of nitrogens with zero attached hydrogens (tertiary/aromatic N) is 1. The van der Waals surface area contributed by atoms with E-state index in [0.717, 1.165) is 18.4 Å². The third-order valence-electron chi connectivity index (χ3n) is 3.07. The summed E-state index contributed by atoms with van der Waals surface area (Å²) in [5.74, 6) is -0.0450. The minimum atomic E-state index is -0.110. The van der Waals surface area contributed by atoms with Crippen LogP contribution in [-0.4, -0.2) is 24.4 Å². The van der Waals surface area contributed by atoms with E-state index in [2.05, 4.69) is 0 Å². The molecule has 0 aliphatic rings. The predicted octanol–water partition coefficient (Wildman–Crippen LogP) is 3.33. The molecule has 3 nitrogen and oxygen atoms in total. The van der Waals surface area contributed by atoms with Crippen LogP contribution in [0.2, 0.25) is 10.0 Å². The van der Waals surface area contributed by atoms with Crippen molar-refractivity contribution in [1.29, 1.82) is 0 Å². The molecule has 0 saturated carbocycles. The van der Waals surface area contributed by atoms with Crippen LogP contribution in [-0.2, 0) is 11.3 Å². The average Bonchev–Trinajstić information content (AvgIpc) is 2.38. The second-order valence-electron chi connectivity index (χ2n) is 4.65. The summed E-state index contributed by atoms with van der Waals surface area (Å²) < 4.78 is 0. The predicted molar refractivity (Wildman–Crippen MR) is 80.4 cm³/mol. The second kappa shape index (κ2) is 7.73. The molecule has 0 aliphatic carbocycles. The number of hydrogen-bond donors (Lipinski definition) is 1. The van der Waals surface area contributed by atoms with Gasteiger partial charge in [-0.1, -0.05) is 42.6 Å². The zero-order valence-corrected chi connectivity index (χ0v) is 12.8. The summed E-state index contributed by atoms with van der Waals surface area (Å²) in [6, 6.07) is 5.29. The van der Waals surface area contributed by atoms with Crippen LogP contribution >= 0.6 is 23.2 Å². The molecule has 19 heavy (non-hydrogen) atoms. The Bertz CT molecular complexity index is 437. The molecule has 0 aliphatic heterocycles. The summed E-state index contributed by atoms with van der Waals surface area (Å²) in [5, 5.41) is 1.17. The summed E-state index contributed by atoms with van der Waals surface area (Å²) >= 11 is 12.0. The molecule has 1 amide bonds. The fourth-order valence-corrected chi connectivity index (χ4v) is 2.45. The summed E-state index contributed by atoms with van der Waals surface area (Å²) in [7, 11) is 1.77. The number of halogens is 2. The van der Waals surface area contributed by atoms with Crippen molar-refractivity contribution in [3.63, 3.8) is 0 Å². The standard InChI is InChI=1S/C14H20Cl2N2O/c1-3-4-10(8-17)14(19)18(2)9-11-5-6-12(15)7-13(11)16/h5-7,10H,3-4,8-9,17H2,1-2H3. The lowest BCUT2D eigenvalue weighted by Crippen LogP contribution is -2.36. The van der Waals surface area contributed by atoms with Gasteiger partial charge in [-0.15, -0.1) is 0 Å². The maximum absolute atomic E-state index is 12.2. The van der Waals surface area contributed by atoms with Gasteiger partial charge in [0.1, 0.15) is 0 Å². The lowest BCUT2D eigenvalue weighted by Gasteiger charge is -2.23. The van der Waals surface area contributed by atoms with E-state index in [0.29, 0.717) is 23.1 Å². The molecule has 0 bridgehead atoms. The first kappa shape index (κ1) is 16.3. The Morgan fingerprint density at radius 2 is 2.11 bits per heavy atom. The van der Waals surface area contributed by atoms with Gasteiger partial charge in [-0.2, -0.15) is 0 Å². The van der Waals surface area contributed by atoms with Crippen LogP contribution in [0.15, 0.2) is 18.2 Å². The van der Waals surface area contributed by atoms with Gasteiger partial charge >= 0.3 is 0 Å². The highest BCUT2D eigenvalue weighted by Gasteiger charge is 2.20. The molecule has 1 aromatic rings. The van der Waals surface area contributed by atoms with E-state index in [1.54, 1.807) is 24.1 Å². The van der Waals surface area contributed by atoms with Gasteiger partial charge in [-0.3, -0.25) is 4.79 Å². The summed E-state index contributed by atoms with van der Waals surface area (Å²) in [5.41, 5.74) is 6.53. The third kappa shape index (κ3) is 4.68. The minimum Gasteiger partial charge on any atom is -0.341 e. The SMILES string of the molecule is CCCC(CN)C(=O)N(C)Cc1ccc(Cl)cc1Cl. The quantitative estimate of drug-likeness (QED) is 0.876. The van der Waals surface area contributed by atoms with Crippen molar-refractivity contribution in [1.82, 2.24) is 4.90 Å². The Hall–Kier alpha value is -0.770. The van der Waals surface area contributed by atoms with Gasteiger partial charge in [0.05, 0.1) is 5.92 Å². The molecule has 0 radical (unpaired) electrons. The number of amides is 1. The van der Waals surface area contributed by atoms with Gasteiger partial charge in [-0.05, 0) is 24.1 Å². The number of rotatable bonds is 6. The fourth-order valence-electron chi connectivity index (χ4n) is 1.99. The van der Waals surface area contributed by atoms with E-state index in [1.165, 1.54) is 0 Å². The Balaban J connectivity index is 2.72. The van der Waals surface area contributed by atoms with Gasteiger partial charge in [0.25, 0.3) is 0 Å². The summed E-state index contributed by atoms with van der Waals surface area (Å²) in [6.07, 6.45) is 1.76. The molecule has 1 atom stereocenters. The number of carbonyl (C=O) groups excluding carboxylic acids is 1. The molecule has 2 N–H and O–H groups in total. The Labute approximate surface area is 124 Å². The Kier molecular flexibility index (Phi) is 6.63. The Morgan fingerprint density at radius 3 is 2.63 bits per heavy atom. The van der Waals surface area contributed by atoms with E-state index in [9.17, 15) is 4.79 Å². The maximum atomic E-state index is 12.2. The summed E-state index contributed by atoms with van der Waals surface area (Å²) in [6.45, 7) is 2.90. The maximum Gasteiger partial charge on any atom is 0.226 e. The van der Waals surface area contributed by atoms with E-state index in [1.807, 2.05) is 13.0 Å². The van der Waals surface area contributed by atoms with E-state index >= 15 is 0 Å². The van der Waals surface area contributed by atoms with Crippen molar-refractivity contribution in [3.8, 4) is 0 Å². The first-order valence-electron chi connectivity index (χ1n) is 6.38. The van der Waals surface area contributed by atoms with Crippen LogP contribution in [0.1, 0.15) is 25.3 Å². The molecule has 0 heterocycles. The van der Waals surface area contributed by atoms with Gasteiger partial charge in [0, 0.05) is 30.2 Å². The largest absolute Gasteiger partial charge is 0.341 e. The molecule has 5 heteroatoms. The summed E-state index contributed by atoms with van der Waals surface area (Å²) in [4.78, 5) is 13.9. The highest BCUT2D eigenvalue weighted by atomic mass is 35.5. The molecule has 1 rings (SSSR count). The Morgan fingerprint density at radius 1 is 1.42 bits per heavy atom. The molecule has 106 valence electrons. The minimum absolute atomic E-state index is 0.0652. The molecule has 0 fully saturated rings. The van der Waals surface area contributed by atoms with Gasteiger partial charge in [0.15, 0.2) is 0 Å². The third-order valence-corrected chi connectivity index (χ3v) is 3.66. The number of nitrogens with two attached hydrogens (primary N) is 1. The van der Waals surface area contributed by atoms with Crippen LogP contribution in [0.25, 0.3) is 0 Å². The number of carbonyl (C=O) groups is 1. The van der Waals surface area contributed by atoms with Crippen molar-refractivity contribution in [2.45, 2.75) is 26.3 Å². The van der Waals surface area contributed by atoms with Crippen molar-refractivity contribution in [2.24, 2.45) is 11.7 Å². The molecular formula is C14H20Cl2N2O. The van der Waals surface area contributed by atoms with E-state index in [-0.39, 0.29) is 11.8 Å². The van der Waals surface area contributed by atoms with Crippen molar-refractivity contribution >= 4 is 29.1 Å². The molecule has 1 unspecified atom stereocenters. The van der Waals surface area contributed by atoms with Gasteiger partial charge < -0.3 is 10.6 Å². The second-order valence-corrected chi connectivity index (χ2v) is 5.49. The molecule has 0 aromatic heterocycles. The number of benzene rings is 1. The monoisotopic (exact) mass is 302 g/mol. The molecule has 1 aromatic carbocycles. The van der Waals surface area contributed by atoms with Crippen LogP contribution in [0.4, 0.5) is 0 Å². The number of hydrogen-bond acceptors (Lipinski definition) is 2. The van der Waals surface area contributed by atoms with Crippen LogP contribution in [0, 0.1) is 5.92 Å². The molecule has 0 spiro atoms. The molecule has 0 saturated heterocycles. The van der Waals surface area contributed by atoms with E-state index in [4.69, 9.17) is 28.9 Å². The average molecular weight is 303 g/mol. The molecular weight excluding hydrogens is 283 g/mol. The first-order chi connectivity index (χ1) is 8.99. The zero-order chi connectivity index (χ0) is 14.4. The van der Waals surface area contributed by atoms with Crippen LogP contribution in [0.5, 0.6) is 0 Å². The van der Waals surface area contributed by atoms with Gasteiger partial charge in [0.2, 0.25) is 5.91 Å². The van der Waals surface area contributed by atoms with Gasteiger partial charge in [-0.25, -0.2) is 0 Å². The lowest BCUT2D eigenvalue weighted by atomic mass is 10.0. The zero-order valence-electron chi connectivity index (χ0n) is 11.3. The lowest BCUT2D eigenvalue weighted by molar-refractivity contribution is -0.134. The van der Waals surface area contributed by atoms with Crippen molar-refractivity contribution < 1.29 is 4.79 Å². The highest BCUT2D eigenvalue weighted by Crippen LogP contribution is 2.22. The normalized spacial score (nSPS) is 12.3. The fraction of sp³-hybridized carbons (Fsp3) is 0.500.